The Morgan fingerprint density at radius 2 is 2.20 bits per heavy atom. The molecule has 1 aromatic carbocycles. The maximum absolute atomic E-state index is 12.4. The van der Waals surface area contributed by atoms with Crippen LogP contribution in [-0.4, -0.2) is 36.5 Å². The molecule has 108 valence electrons. The molecule has 0 aliphatic carbocycles. The Labute approximate surface area is 121 Å². The number of nitrogens with one attached hydrogen (secondary N) is 1. The first-order valence-corrected chi connectivity index (χ1v) is 7.55. The molecule has 0 spiro atoms. The summed E-state index contributed by atoms with van der Waals surface area (Å²) in [6.45, 7) is 4.96. The van der Waals surface area contributed by atoms with E-state index in [2.05, 4.69) is 12.2 Å². The van der Waals surface area contributed by atoms with E-state index in [1.54, 1.807) is 6.08 Å². The van der Waals surface area contributed by atoms with Crippen molar-refractivity contribution in [2.75, 3.05) is 19.6 Å². The molecule has 1 aliphatic rings. The maximum Gasteiger partial charge on any atom is 0.246 e. The van der Waals surface area contributed by atoms with Gasteiger partial charge in [0.2, 0.25) is 5.91 Å². The maximum atomic E-state index is 12.4. The number of hydrogen-bond donors (Lipinski definition) is 1. The second-order valence-electron chi connectivity index (χ2n) is 5.28. The summed E-state index contributed by atoms with van der Waals surface area (Å²) in [4.78, 5) is 14.4. The fraction of sp³-hybridized carbons (Fsp3) is 0.471. The topological polar surface area (TPSA) is 32.3 Å². The monoisotopic (exact) mass is 272 g/mol. The van der Waals surface area contributed by atoms with Crippen LogP contribution in [-0.2, 0) is 4.79 Å². The molecular weight excluding hydrogens is 248 g/mol. The van der Waals surface area contributed by atoms with E-state index in [0.717, 1.165) is 44.5 Å². The van der Waals surface area contributed by atoms with Gasteiger partial charge in [-0.25, -0.2) is 0 Å². The van der Waals surface area contributed by atoms with Crippen molar-refractivity contribution >= 4 is 12.0 Å². The van der Waals surface area contributed by atoms with Gasteiger partial charge in [0.1, 0.15) is 0 Å². The van der Waals surface area contributed by atoms with Crippen molar-refractivity contribution in [3.8, 4) is 0 Å². The fourth-order valence-electron chi connectivity index (χ4n) is 2.64. The summed E-state index contributed by atoms with van der Waals surface area (Å²) >= 11 is 0. The van der Waals surface area contributed by atoms with Gasteiger partial charge in [-0.3, -0.25) is 4.79 Å². The van der Waals surface area contributed by atoms with E-state index < -0.39 is 0 Å². The molecule has 3 heteroatoms. The van der Waals surface area contributed by atoms with Gasteiger partial charge in [0, 0.05) is 25.2 Å². The molecule has 1 unspecified atom stereocenters. The summed E-state index contributed by atoms with van der Waals surface area (Å²) in [5.41, 5.74) is 1.07. The van der Waals surface area contributed by atoms with E-state index in [1.165, 1.54) is 0 Å². The second-order valence-corrected chi connectivity index (χ2v) is 5.28. The van der Waals surface area contributed by atoms with Crippen molar-refractivity contribution < 1.29 is 4.79 Å². The van der Waals surface area contributed by atoms with Crippen molar-refractivity contribution in [3.63, 3.8) is 0 Å². The van der Waals surface area contributed by atoms with Crippen LogP contribution >= 0.6 is 0 Å². The number of carbonyl (C=O) groups excluding carboxylic acids is 1. The lowest BCUT2D eigenvalue weighted by molar-refractivity contribution is -0.128. The molecule has 0 aromatic heterocycles. The van der Waals surface area contributed by atoms with E-state index in [0.29, 0.717) is 6.04 Å². The summed E-state index contributed by atoms with van der Waals surface area (Å²) in [6.07, 6.45) is 6.88. The van der Waals surface area contributed by atoms with Gasteiger partial charge in [0.15, 0.2) is 0 Å². The minimum atomic E-state index is 0.129. The Hall–Kier alpha value is -1.61. The Morgan fingerprint density at radius 1 is 1.40 bits per heavy atom. The van der Waals surface area contributed by atoms with Gasteiger partial charge < -0.3 is 10.2 Å². The lowest BCUT2D eigenvalue weighted by Crippen LogP contribution is -2.48. The molecular formula is C17H24N2O. The van der Waals surface area contributed by atoms with E-state index >= 15 is 0 Å². The highest BCUT2D eigenvalue weighted by Crippen LogP contribution is 2.12. The number of nitrogens with zero attached hydrogens (tertiary/aromatic N) is 1. The summed E-state index contributed by atoms with van der Waals surface area (Å²) in [6, 6.07) is 10.3. The van der Waals surface area contributed by atoms with Gasteiger partial charge >= 0.3 is 0 Å². The van der Waals surface area contributed by atoms with Crippen LogP contribution in [0.1, 0.15) is 31.7 Å². The Bertz CT molecular complexity index is 436. The Kier molecular flexibility index (Phi) is 5.81. The largest absolute Gasteiger partial charge is 0.335 e. The van der Waals surface area contributed by atoms with E-state index in [4.69, 9.17) is 0 Å². The lowest BCUT2D eigenvalue weighted by Gasteiger charge is -2.34. The van der Waals surface area contributed by atoms with Crippen LogP contribution in [0.5, 0.6) is 0 Å². The Balaban J connectivity index is 2.01. The first kappa shape index (κ1) is 14.8. The SMILES string of the molecule is CCCN(C(=O)C=Cc1ccccc1)C1CCCNC1. The molecule has 1 heterocycles. The summed E-state index contributed by atoms with van der Waals surface area (Å²) in [7, 11) is 0. The second kappa shape index (κ2) is 7.85. The molecule has 2 rings (SSSR count). The van der Waals surface area contributed by atoms with Crippen molar-refractivity contribution in [3.05, 3.63) is 42.0 Å². The zero-order valence-corrected chi connectivity index (χ0v) is 12.2. The van der Waals surface area contributed by atoms with Crippen molar-refractivity contribution in [1.82, 2.24) is 10.2 Å². The van der Waals surface area contributed by atoms with E-state index in [9.17, 15) is 4.79 Å². The predicted molar refractivity (Wildman–Crippen MR) is 83.4 cm³/mol. The number of benzene rings is 1. The molecule has 20 heavy (non-hydrogen) atoms. The third-order valence-electron chi connectivity index (χ3n) is 3.68. The van der Waals surface area contributed by atoms with Gasteiger partial charge in [-0.05, 0) is 37.4 Å². The number of rotatable bonds is 5. The molecule has 1 amide bonds. The molecule has 1 aliphatic heterocycles. The van der Waals surface area contributed by atoms with E-state index in [1.807, 2.05) is 41.3 Å². The molecule has 1 N–H and O–H groups in total. The lowest BCUT2D eigenvalue weighted by atomic mass is 10.1. The number of hydrogen-bond acceptors (Lipinski definition) is 2. The van der Waals surface area contributed by atoms with Crippen molar-refractivity contribution in [2.24, 2.45) is 0 Å². The molecule has 1 atom stereocenters. The number of piperidine rings is 1. The Morgan fingerprint density at radius 3 is 2.85 bits per heavy atom. The highest BCUT2D eigenvalue weighted by atomic mass is 16.2. The van der Waals surface area contributed by atoms with Crippen LogP contribution in [0.4, 0.5) is 0 Å². The predicted octanol–water partition coefficient (Wildman–Crippen LogP) is 2.69. The molecule has 3 nitrogen and oxygen atoms in total. The van der Waals surface area contributed by atoms with Gasteiger partial charge in [-0.1, -0.05) is 37.3 Å². The van der Waals surface area contributed by atoms with Crippen LogP contribution in [0.15, 0.2) is 36.4 Å². The summed E-state index contributed by atoms with van der Waals surface area (Å²) in [5.74, 6) is 0.129. The average molecular weight is 272 g/mol. The molecule has 0 saturated carbocycles. The van der Waals surface area contributed by atoms with E-state index in [-0.39, 0.29) is 5.91 Å². The van der Waals surface area contributed by atoms with Crippen LogP contribution in [0.25, 0.3) is 6.08 Å². The standard InChI is InChI=1S/C17H24N2O/c1-2-13-19(16-9-6-12-18-14-16)17(20)11-10-15-7-4-3-5-8-15/h3-5,7-8,10-11,16,18H,2,6,9,12-14H2,1H3. The average Bonchev–Trinajstić information content (AvgIpc) is 2.52. The van der Waals surface area contributed by atoms with Crippen LogP contribution in [0.3, 0.4) is 0 Å². The van der Waals surface area contributed by atoms with Gasteiger partial charge in [0.25, 0.3) is 0 Å². The van der Waals surface area contributed by atoms with Crippen LogP contribution < -0.4 is 5.32 Å². The van der Waals surface area contributed by atoms with Gasteiger partial charge in [-0.15, -0.1) is 0 Å². The number of carbonyl (C=O) groups is 1. The minimum Gasteiger partial charge on any atom is -0.335 e. The third kappa shape index (κ3) is 4.20. The minimum absolute atomic E-state index is 0.129. The zero-order valence-electron chi connectivity index (χ0n) is 12.2. The first-order valence-electron chi connectivity index (χ1n) is 7.55. The first-order chi connectivity index (χ1) is 9.81. The molecule has 1 fully saturated rings. The zero-order chi connectivity index (χ0) is 14.2. The summed E-state index contributed by atoms with van der Waals surface area (Å²) in [5, 5.41) is 3.38. The summed E-state index contributed by atoms with van der Waals surface area (Å²) < 4.78 is 0. The molecule has 1 saturated heterocycles. The van der Waals surface area contributed by atoms with Crippen LogP contribution in [0, 0.1) is 0 Å². The van der Waals surface area contributed by atoms with Gasteiger partial charge in [-0.2, -0.15) is 0 Å². The highest BCUT2D eigenvalue weighted by Gasteiger charge is 2.22. The van der Waals surface area contributed by atoms with Gasteiger partial charge in [0.05, 0.1) is 0 Å². The van der Waals surface area contributed by atoms with Crippen molar-refractivity contribution in [1.29, 1.82) is 0 Å². The normalized spacial score (nSPS) is 19.1. The smallest absolute Gasteiger partial charge is 0.246 e. The van der Waals surface area contributed by atoms with Crippen molar-refractivity contribution in [2.45, 2.75) is 32.2 Å². The molecule has 1 aromatic rings. The number of amides is 1. The highest BCUT2D eigenvalue weighted by molar-refractivity contribution is 5.92. The van der Waals surface area contributed by atoms with Crippen LogP contribution in [0.2, 0.25) is 0 Å². The quantitative estimate of drug-likeness (QED) is 0.836. The molecule has 0 bridgehead atoms. The fourth-order valence-corrected chi connectivity index (χ4v) is 2.64. The third-order valence-corrected chi connectivity index (χ3v) is 3.68. The molecule has 0 radical (unpaired) electrons.